The molecule has 1 aliphatic heterocycles. The maximum absolute atomic E-state index is 11.7. The van der Waals surface area contributed by atoms with E-state index in [-0.39, 0.29) is 17.1 Å². The van der Waals surface area contributed by atoms with Crippen molar-refractivity contribution in [3.8, 4) is 0 Å². The summed E-state index contributed by atoms with van der Waals surface area (Å²) in [4.78, 5) is 28.6. The molecule has 9 N–H and O–H groups in total. The van der Waals surface area contributed by atoms with Crippen LogP contribution in [0.2, 0.25) is 0 Å². The van der Waals surface area contributed by atoms with Crippen molar-refractivity contribution < 1.29 is 20.1 Å². The summed E-state index contributed by atoms with van der Waals surface area (Å²) in [6, 6.07) is 0. The minimum atomic E-state index is -1.29. The molecular weight excluding hydrogens is 372 g/mol. The fraction of sp³-hybridized carbons (Fsp3) is 0.467. The average Bonchev–Trinajstić information content (AvgIpc) is 3.38. The topological polar surface area (TPSA) is 214 Å². The van der Waals surface area contributed by atoms with Gasteiger partial charge in [0, 0.05) is 12.6 Å². The smallest absolute Gasteiger partial charge is 0.280 e. The highest BCUT2D eigenvalue weighted by Gasteiger charge is 2.44. The summed E-state index contributed by atoms with van der Waals surface area (Å²) >= 11 is 0. The summed E-state index contributed by atoms with van der Waals surface area (Å²) in [5.74, 6) is -0.101. The van der Waals surface area contributed by atoms with Crippen molar-refractivity contribution in [1.29, 1.82) is 0 Å². The largest absolute Gasteiger partial charge is 0.394 e. The van der Waals surface area contributed by atoms with Crippen molar-refractivity contribution in [2.75, 3.05) is 18.9 Å². The third-order valence-electron chi connectivity index (χ3n) is 4.20. The van der Waals surface area contributed by atoms with E-state index in [0.717, 1.165) is 12.1 Å². The van der Waals surface area contributed by atoms with Crippen molar-refractivity contribution >= 4 is 17.1 Å². The highest BCUT2D eigenvalue weighted by molar-refractivity contribution is 5.70. The van der Waals surface area contributed by atoms with Crippen molar-refractivity contribution in [3.63, 3.8) is 0 Å². The molecule has 1 fully saturated rings. The van der Waals surface area contributed by atoms with Crippen LogP contribution >= 0.6 is 0 Å². The van der Waals surface area contributed by atoms with Gasteiger partial charge in [0.2, 0.25) is 5.95 Å². The van der Waals surface area contributed by atoms with Gasteiger partial charge in [-0.1, -0.05) is 0 Å². The van der Waals surface area contributed by atoms with Crippen molar-refractivity contribution in [1.82, 2.24) is 29.5 Å². The average molecular weight is 394 g/mol. The number of H-pyrrole nitrogens is 2. The molecule has 0 unspecified atom stereocenters. The van der Waals surface area contributed by atoms with Crippen LogP contribution in [0.5, 0.6) is 0 Å². The molecule has 0 radical (unpaired) electrons. The Kier molecular flexibility index (Phi) is 6.01. The number of nitrogens with zero attached hydrogens (tertiary/aromatic N) is 4. The minimum absolute atomic E-state index is 0.0388. The van der Waals surface area contributed by atoms with Crippen LogP contribution in [-0.2, 0) is 11.2 Å². The van der Waals surface area contributed by atoms with Gasteiger partial charge < -0.3 is 36.5 Å². The van der Waals surface area contributed by atoms with Crippen LogP contribution in [0.3, 0.4) is 0 Å². The van der Waals surface area contributed by atoms with Gasteiger partial charge in [-0.15, -0.1) is 0 Å². The van der Waals surface area contributed by atoms with Crippen molar-refractivity contribution in [2.45, 2.75) is 31.0 Å². The number of rotatable bonds is 4. The number of hydrogen-bond donors (Lipinski definition) is 7. The number of ether oxygens (including phenoxy) is 1. The second-order valence-electron chi connectivity index (χ2n) is 6.10. The first-order chi connectivity index (χ1) is 13.5. The van der Waals surface area contributed by atoms with E-state index in [1.165, 1.54) is 10.9 Å². The Labute approximate surface area is 158 Å². The van der Waals surface area contributed by atoms with Crippen LogP contribution < -0.4 is 17.0 Å². The van der Waals surface area contributed by atoms with Gasteiger partial charge in [0.25, 0.3) is 5.56 Å². The number of aliphatic hydroxyl groups excluding tert-OH is 3. The van der Waals surface area contributed by atoms with Gasteiger partial charge in [-0.05, 0) is 6.54 Å². The summed E-state index contributed by atoms with van der Waals surface area (Å²) in [6.07, 6.45) is 1.16. The van der Waals surface area contributed by atoms with Crippen LogP contribution in [0.1, 0.15) is 11.9 Å². The van der Waals surface area contributed by atoms with Gasteiger partial charge in [0.05, 0.1) is 25.0 Å². The first kappa shape index (κ1) is 19.9. The molecular formula is C15H22N8O5. The van der Waals surface area contributed by atoms with E-state index in [1.54, 1.807) is 6.33 Å². The molecule has 152 valence electrons. The molecule has 0 amide bonds. The third kappa shape index (κ3) is 3.88. The molecule has 4 heterocycles. The van der Waals surface area contributed by atoms with Gasteiger partial charge in [-0.25, -0.2) is 9.97 Å². The van der Waals surface area contributed by atoms with Gasteiger partial charge in [-0.3, -0.25) is 14.3 Å². The first-order valence-corrected chi connectivity index (χ1v) is 8.48. The number of hydrogen-bond acceptors (Lipinski definition) is 10. The van der Waals surface area contributed by atoms with E-state index in [2.05, 4.69) is 24.9 Å². The Morgan fingerprint density at radius 3 is 2.68 bits per heavy atom. The predicted molar refractivity (Wildman–Crippen MR) is 96.9 cm³/mol. The van der Waals surface area contributed by atoms with Crippen molar-refractivity contribution in [3.05, 3.63) is 34.9 Å². The van der Waals surface area contributed by atoms with Gasteiger partial charge >= 0.3 is 0 Å². The molecule has 4 rings (SSSR count). The third-order valence-corrected chi connectivity index (χ3v) is 4.20. The highest BCUT2D eigenvalue weighted by atomic mass is 16.6. The van der Waals surface area contributed by atoms with Crippen LogP contribution in [0.25, 0.3) is 11.2 Å². The Morgan fingerprint density at radius 1 is 1.29 bits per heavy atom. The molecule has 3 aromatic heterocycles. The number of aromatic nitrogens is 6. The van der Waals surface area contributed by atoms with E-state index in [0.29, 0.717) is 6.54 Å². The summed E-state index contributed by atoms with van der Waals surface area (Å²) in [5.41, 5.74) is 11.4. The molecule has 0 aromatic carbocycles. The van der Waals surface area contributed by atoms with Crippen LogP contribution in [0.4, 0.5) is 5.95 Å². The SMILES string of the molecule is NCCc1c[nH]cn1.Nc1nc2c(ncn2[C@@H]2O[C@H](CO)[C@@H](O)[C@H]2O)c(=O)[nH]1. The molecule has 4 atom stereocenters. The number of nitrogens with one attached hydrogen (secondary N) is 2. The predicted octanol–water partition coefficient (Wildman–Crippen LogP) is -2.78. The monoisotopic (exact) mass is 394 g/mol. The van der Waals surface area contributed by atoms with Gasteiger partial charge in [-0.2, -0.15) is 4.98 Å². The van der Waals surface area contributed by atoms with Gasteiger partial charge in [0.15, 0.2) is 17.4 Å². The first-order valence-electron chi connectivity index (χ1n) is 8.48. The van der Waals surface area contributed by atoms with Crippen LogP contribution in [0.15, 0.2) is 23.6 Å². The lowest BCUT2D eigenvalue weighted by molar-refractivity contribution is -0.0511. The zero-order valence-corrected chi connectivity index (χ0v) is 14.8. The molecule has 0 saturated carbocycles. The molecule has 1 aliphatic rings. The number of nitrogen functional groups attached to an aromatic ring is 1. The number of aromatic amines is 2. The lowest BCUT2D eigenvalue weighted by Gasteiger charge is -2.16. The van der Waals surface area contributed by atoms with Gasteiger partial charge in [0.1, 0.15) is 18.3 Å². The van der Waals surface area contributed by atoms with Crippen LogP contribution in [-0.4, -0.2) is 76.3 Å². The fourth-order valence-electron chi connectivity index (χ4n) is 2.81. The summed E-state index contributed by atoms with van der Waals surface area (Å²) in [7, 11) is 0. The summed E-state index contributed by atoms with van der Waals surface area (Å²) in [5, 5.41) is 28.7. The molecule has 3 aromatic rings. The standard InChI is InChI=1S/C10H13N5O5.C5H9N3/c11-10-13-7-4(8(19)14-10)12-2-15(7)9-6(18)5(17)3(1-16)20-9;6-2-1-5-3-7-4-8-5/h2-3,5-6,9,16-18H,1H2,(H3,11,13,14,19);3-4H,1-2,6H2,(H,7,8)/t3-,5-,6-,9-;/m1./s1. The molecule has 13 heteroatoms. The van der Waals surface area contributed by atoms with Crippen molar-refractivity contribution in [2.24, 2.45) is 5.73 Å². The number of aliphatic hydroxyl groups is 3. The lowest BCUT2D eigenvalue weighted by Crippen LogP contribution is -2.33. The maximum atomic E-state index is 11.7. The highest BCUT2D eigenvalue weighted by Crippen LogP contribution is 2.30. The second-order valence-corrected chi connectivity index (χ2v) is 6.10. The number of imidazole rings is 2. The molecule has 1 saturated heterocycles. The summed E-state index contributed by atoms with van der Waals surface area (Å²) in [6.45, 7) is 0.225. The normalized spacial score (nSPS) is 24.3. The van der Waals surface area contributed by atoms with E-state index >= 15 is 0 Å². The molecule has 28 heavy (non-hydrogen) atoms. The lowest BCUT2D eigenvalue weighted by atomic mass is 10.1. The van der Waals surface area contributed by atoms with E-state index in [4.69, 9.17) is 21.3 Å². The molecule has 0 bridgehead atoms. The Morgan fingerprint density at radius 2 is 2.07 bits per heavy atom. The zero-order valence-electron chi connectivity index (χ0n) is 14.8. The van der Waals surface area contributed by atoms with E-state index in [9.17, 15) is 15.0 Å². The Bertz CT molecular complexity index is 955. The quantitative estimate of drug-likeness (QED) is 0.242. The van der Waals surface area contributed by atoms with Crippen LogP contribution in [0, 0.1) is 0 Å². The van der Waals surface area contributed by atoms with E-state index in [1.807, 2.05) is 6.20 Å². The Balaban J connectivity index is 0.000000236. The molecule has 0 aliphatic carbocycles. The number of nitrogens with two attached hydrogens (primary N) is 2. The number of anilines is 1. The minimum Gasteiger partial charge on any atom is -0.394 e. The Hall–Kier alpha value is -2.84. The summed E-state index contributed by atoms with van der Waals surface area (Å²) < 4.78 is 6.64. The molecule has 0 spiro atoms. The fourth-order valence-corrected chi connectivity index (χ4v) is 2.81. The number of fused-ring (bicyclic) bond motifs is 1. The zero-order chi connectivity index (χ0) is 20.3. The van der Waals surface area contributed by atoms with E-state index < -0.39 is 36.7 Å². The molecule has 13 nitrogen and oxygen atoms in total. The second kappa shape index (κ2) is 8.45. The maximum Gasteiger partial charge on any atom is 0.280 e.